The van der Waals surface area contributed by atoms with Gasteiger partial charge in [0.15, 0.2) is 0 Å². The molecule has 0 fully saturated rings. The Morgan fingerprint density at radius 1 is 0.971 bits per heavy atom. The number of anilines is 1. The first kappa shape index (κ1) is 22.1. The minimum atomic E-state index is -1.20. The van der Waals surface area contributed by atoms with Gasteiger partial charge < -0.3 is 19.9 Å². The van der Waals surface area contributed by atoms with Crippen LogP contribution in [0, 0.1) is 0 Å². The molecule has 1 unspecified atom stereocenters. The van der Waals surface area contributed by atoms with E-state index in [1.54, 1.807) is 31.3 Å². The maximum Gasteiger partial charge on any atom is 0.323 e. The highest BCUT2D eigenvalue weighted by Crippen LogP contribution is 2.27. The zero-order chi connectivity index (χ0) is 24.5. The van der Waals surface area contributed by atoms with E-state index in [0.717, 1.165) is 16.5 Å². The molecule has 0 saturated carbocycles. The van der Waals surface area contributed by atoms with Crippen molar-refractivity contribution in [2.75, 3.05) is 11.9 Å². The molecule has 1 aliphatic heterocycles. The Morgan fingerprint density at radius 3 is 2.43 bits per heavy atom. The minimum Gasteiger partial charge on any atom is -0.480 e. The molecule has 1 atom stereocenters. The molecule has 2 heterocycles. The van der Waals surface area contributed by atoms with Crippen LogP contribution in [-0.2, 0) is 16.1 Å². The second-order valence-corrected chi connectivity index (χ2v) is 8.20. The Labute approximate surface area is 201 Å². The van der Waals surface area contributed by atoms with E-state index in [9.17, 15) is 19.5 Å². The Morgan fingerprint density at radius 2 is 1.66 bits per heavy atom. The molecule has 35 heavy (non-hydrogen) atoms. The van der Waals surface area contributed by atoms with E-state index in [2.05, 4.69) is 5.32 Å². The molecule has 4 aromatic rings. The Kier molecular flexibility index (Phi) is 5.62. The largest absolute Gasteiger partial charge is 0.480 e. The van der Waals surface area contributed by atoms with Gasteiger partial charge in [0, 0.05) is 29.1 Å². The molecule has 174 valence electrons. The van der Waals surface area contributed by atoms with Gasteiger partial charge in [0.1, 0.15) is 12.2 Å². The van der Waals surface area contributed by atoms with Crippen molar-refractivity contribution in [1.82, 2.24) is 9.88 Å². The first-order valence-corrected chi connectivity index (χ1v) is 11.0. The van der Waals surface area contributed by atoms with E-state index in [1.165, 1.54) is 9.47 Å². The fraction of sp³-hybridized carbons (Fsp3) is 0.111. The molecular weight excluding hydrogens is 444 g/mol. The van der Waals surface area contributed by atoms with Crippen molar-refractivity contribution in [3.05, 3.63) is 102 Å². The molecule has 5 rings (SSSR count). The maximum atomic E-state index is 13.4. The Bertz CT molecular complexity index is 1490. The monoisotopic (exact) mass is 466 g/mol. The quantitative estimate of drug-likeness (QED) is 0.471. The number of aromatic nitrogens is 1. The summed E-state index contributed by atoms with van der Waals surface area (Å²) in [5, 5.41) is 12.9. The highest BCUT2D eigenvalue weighted by molar-refractivity contribution is 6.20. The van der Waals surface area contributed by atoms with Crippen LogP contribution in [0.5, 0.6) is 0 Å². The van der Waals surface area contributed by atoms with Crippen molar-refractivity contribution >= 4 is 40.1 Å². The summed E-state index contributed by atoms with van der Waals surface area (Å²) in [5.41, 5.74) is 3.59. The van der Waals surface area contributed by atoms with Crippen molar-refractivity contribution < 1.29 is 19.5 Å². The molecular formula is C27H22N4O4. The molecule has 3 aromatic carbocycles. The van der Waals surface area contributed by atoms with Gasteiger partial charge in [-0.1, -0.05) is 66.7 Å². The minimum absolute atomic E-state index is 0.141. The lowest BCUT2D eigenvalue weighted by molar-refractivity contribution is -0.137. The number of hydrogen-bond acceptors (Lipinski definition) is 4. The van der Waals surface area contributed by atoms with Gasteiger partial charge in [0.05, 0.1) is 11.4 Å². The summed E-state index contributed by atoms with van der Waals surface area (Å²) < 4.78 is 1.43. The third-order valence-electron chi connectivity index (χ3n) is 5.99. The summed E-state index contributed by atoms with van der Waals surface area (Å²) in [7, 11) is 1.64. The second kappa shape index (κ2) is 8.90. The lowest BCUT2D eigenvalue weighted by Crippen LogP contribution is -2.46. The zero-order valence-corrected chi connectivity index (χ0v) is 18.9. The number of fused-ring (bicyclic) bond motifs is 2. The summed E-state index contributed by atoms with van der Waals surface area (Å²) >= 11 is 0. The van der Waals surface area contributed by atoms with E-state index in [0.29, 0.717) is 16.9 Å². The summed E-state index contributed by atoms with van der Waals surface area (Å²) in [6, 6.07) is 25.7. The molecule has 8 heteroatoms. The number of carboxylic acids is 1. The van der Waals surface area contributed by atoms with Crippen LogP contribution < -0.4 is 10.2 Å². The van der Waals surface area contributed by atoms with Gasteiger partial charge in [-0.05, 0) is 18.2 Å². The number of aliphatic carboxylic acids is 1. The topological polar surface area (TPSA) is 104 Å². The predicted molar refractivity (Wildman–Crippen MR) is 133 cm³/mol. The fourth-order valence-electron chi connectivity index (χ4n) is 4.34. The van der Waals surface area contributed by atoms with Crippen LogP contribution in [0.2, 0.25) is 0 Å². The average molecular weight is 466 g/mol. The molecule has 8 nitrogen and oxygen atoms in total. The number of likely N-dealkylation sites (N-methyl/N-ethyl adjacent to an activating group) is 1. The highest BCUT2D eigenvalue weighted by atomic mass is 16.4. The molecule has 2 amide bonds. The molecule has 2 N–H and O–H groups in total. The van der Waals surface area contributed by atoms with E-state index in [-0.39, 0.29) is 5.69 Å². The number of para-hydroxylation sites is 2. The zero-order valence-electron chi connectivity index (χ0n) is 18.9. The number of benzene rings is 3. The van der Waals surface area contributed by atoms with Crippen LogP contribution in [0.25, 0.3) is 10.9 Å². The number of rotatable bonds is 5. The van der Waals surface area contributed by atoms with Gasteiger partial charge in [0.25, 0.3) is 11.8 Å². The van der Waals surface area contributed by atoms with E-state index < -0.39 is 30.5 Å². The molecule has 0 radical (unpaired) electrons. The number of aliphatic imine (C=N–C) groups is 1. The molecule has 1 aromatic heterocycles. The smallest absolute Gasteiger partial charge is 0.323 e. The van der Waals surface area contributed by atoms with E-state index in [4.69, 9.17) is 4.99 Å². The van der Waals surface area contributed by atoms with E-state index in [1.807, 2.05) is 60.7 Å². The second-order valence-electron chi connectivity index (χ2n) is 8.20. The van der Waals surface area contributed by atoms with Crippen molar-refractivity contribution in [3.8, 4) is 0 Å². The standard InChI is InChI=1S/C27H22N4O4/c1-30-21-14-8-6-12-19(21)24(17-9-3-2-4-10-17)28-25(27(30)35)29-26(34)22-15-18-11-5-7-13-20(18)31(22)16-23(32)33/h2-15,25H,16H2,1H3,(H,29,34)(H,32,33). The first-order chi connectivity index (χ1) is 16.9. The number of carboxylic acid groups (broad SMARTS) is 1. The van der Waals surface area contributed by atoms with Crippen LogP contribution in [0.15, 0.2) is 89.9 Å². The van der Waals surface area contributed by atoms with E-state index >= 15 is 0 Å². The van der Waals surface area contributed by atoms with Crippen LogP contribution in [0.4, 0.5) is 5.69 Å². The third kappa shape index (κ3) is 4.06. The molecule has 0 aliphatic carbocycles. The SMILES string of the molecule is CN1C(=O)C(NC(=O)c2cc3ccccc3n2CC(=O)O)N=C(c2ccccc2)c2ccccc21. The number of nitrogens with one attached hydrogen (secondary N) is 1. The number of benzodiazepines with no additional fused rings is 1. The average Bonchev–Trinajstić information content (AvgIpc) is 3.19. The molecule has 0 spiro atoms. The lowest BCUT2D eigenvalue weighted by atomic mass is 10.0. The Hall–Kier alpha value is -4.72. The Balaban J connectivity index is 1.58. The van der Waals surface area contributed by atoms with Gasteiger partial charge in [0.2, 0.25) is 6.17 Å². The number of carbonyl (C=O) groups is 3. The van der Waals surface area contributed by atoms with Gasteiger partial charge in [-0.25, -0.2) is 4.99 Å². The van der Waals surface area contributed by atoms with Crippen LogP contribution in [0.1, 0.15) is 21.6 Å². The summed E-state index contributed by atoms with van der Waals surface area (Å²) in [6.07, 6.45) is -1.20. The van der Waals surface area contributed by atoms with Crippen molar-refractivity contribution in [3.63, 3.8) is 0 Å². The normalized spacial score (nSPS) is 15.3. The number of hydrogen-bond donors (Lipinski definition) is 2. The van der Waals surface area contributed by atoms with Crippen LogP contribution in [0.3, 0.4) is 0 Å². The summed E-state index contributed by atoms with van der Waals surface area (Å²) in [6.45, 7) is -0.390. The summed E-state index contributed by atoms with van der Waals surface area (Å²) in [5.74, 6) is -2.07. The third-order valence-corrected chi connectivity index (χ3v) is 5.99. The number of nitrogens with zero attached hydrogens (tertiary/aromatic N) is 3. The van der Waals surface area contributed by atoms with Crippen molar-refractivity contribution in [1.29, 1.82) is 0 Å². The fourth-order valence-corrected chi connectivity index (χ4v) is 4.34. The van der Waals surface area contributed by atoms with Crippen molar-refractivity contribution in [2.24, 2.45) is 4.99 Å². The van der Waals surface area contributed by atoms with Crippen molar-refractivity contribution in [2.45, 2.75) is 12.7 Å². The molecule has 1 aliphatic rings. The van der Waals surface area contributed by atoms with Gasteiger partial charge in [-0.2, -0.15) is 0 Å². The number of carbonyl (C=O) groups excluding carboxylic acids is 2. The maximum absolute atomic E-state index is 13.4. The van der Waals surface area contributed by atoms with Gasteiger partial charge in [-0.15, -0.1) is 0 Å². The van der Waals surface area contributed by atoms with Crippen LogP contribution >= 0.6 is 0 Å². The molecule has 0 saturated heterocycles. The highest BCUT2D eigenvalue weighted by Gasteiger charge is 2.32. The van der Waals surface area contributed by atoms with Gasteiger partial charge >= 0.3 is 5.97 Å². The predicted octanol–water partition coefficient (Wildman–Crippen LogP) is 3.30. The molecule has 0 bridgehead atoms. The van der Waals surface area contributed by atoms with Crippen LogP contribution in [-0.4, -0.2) is 46.4 Å². The summed E-state index contributed by atoms with van der Waals surface area (Å²) in [4.78, 5) is 44.5. The lowest BCUT2D eigenvalue weighted by Gasteiger charge is -2.21. The number of amides is 2. The first-order valence-electron chi connectivity index (χ1n) is 11.0. The van der Waals surface area contributed by atoms with Gasteiger partial charge in [-0.3, -0.25) is 14.4 Å².